The van der Waals surface area contributed by atoms with E-state index < -0.39 is 0 Å². The predicted octanol–water partition coefficient (Wildman–Crippen LogP) is 2.68. The van der Waals surface area contributed by atoms with Gasteiger partial charge in [-0.1, -0.05) is 28.4 Å². The molecule has 0 aliphatic carbocycles. The van der Waals surface area contributed by atoms with Gasteiger partial charge in [0.15, 0.2) is 0 Å². The van der Waals surface area contributed by atoms with Crippen LogP contribution in [0.25, 0.3) is 0 Å². The first-order valence-electron chi connectivity index (χ1n) is 6.53. The molecule has 0 radical (unpaired) electrons. The van der Waals surface area contributed by atoms with Crippen molar-refractivity contribution in [1.29, 1.82) is 0 Å². The number of carbonyl (C=O) groups is 1. The average molecular weight is 327 g/mol. The van der Waals surface area contributed by atoms with E-state index in [2.05, 4.69) is 26.6 Å². The largest absolute Gasteiger partial charge is 0.380 e. The van der Waals surface area contributed by atoms with Crippen molar-refractivity contribution in [3.05, 3.63) is 28.2 Å². The number of ether oxygens (including phenoxy) is 1. The molecular weight excluding hydrogens is 308 g/mol. The van der Waals surface area contributed by atoms with Gasteiger partial charge in [0.1, 0.15) is 0 Å². The maximum absolute atomic E-state index is 12.2. The monoisotopic (exact) mass is 326 g/mol. The molecule has 1 amide bonds. The van der Waals surface area contributed by atoms with E-state index in [1.54, 1.807) is 7.11 Å². The highest BCUT2D eigenvalue weighted by Gasteiger charge is 2.21. The molecule has 2 rings (SSSR count). The van der Waals surface area contributed by atoms with E-state index in [9.17, 15) is 4.79 Å². The molecule has 1 aromatic carbocycles. The van der Waals surface area contributed by atoms with Crippen LogP contribution < -0.4 is 10.6 Å². The van der Waals surface area contributed by atoms with Crippen molar-refractivity contribution in [1.82, 2.24) is 5.32 Å². The van der Waals surface area contributed by atoms with Crippen molar-refractivity contribution in [2.75, 3.05) is 19.0 Å². The Morgan fingerprint density at radius 3 is 3.05 bits per heavy atom. The topological polar surface area (TPSA) is 50.4 Å². The van der Waals surface area contributed by atoms with E-state index in [1.807, 2.05) is 18.2 Å². The third-order valence-electron chi connectivity index (χ3n) is 3.29. The molecule has 0 saturated carbocycles. The summed E-state index contributed by atoms with van der Waals surface area (Å²) in [5.74, 6) is 0.0372. The van der Waals surface area contributed by atoms with Gasteiger partial charge in [0.25, 0.3) is 0 Å². The third-order valence-corrected chi connectivity index (χ3v) is 4.04. The number of halogens is 1. The smallest absolute Gasteiger partial charge is 0.241 e. The van der Waals surface area contributed by atoms with Crippen LogP contribution >= 0.6 is 15.9 Å². The summed E-state index contributed by atoms with van der Waals surface area (Å²) in [6.07, 6.45) is 3.16. The van der Waals surface area contributed by atoms with Crippen LogP contribution in [0.3, 0.4) is 0 Å². The van der Waals surface area contributed by atoms with Gasteiger partial charge in [-0.2, -0.15) is 0 Å². The molecule has 1 atom stereocenters. The average Bonchev–Trinajstić information content (AvgIpc) is 2.43. The molecule has 2 N–H and O–H groups in total. The second-order valence-corrected chi connectivity index (χ2v) is 5.55. The molecule has 1 aliphatic heterocycles. The van der Waals surface area contributed by atoms with Crippen LogP contribution in [0.2, 0.25) is 0 Å². The van der Waals surface area contributed by atoms with Crippen molar-refractivity contribution in [2.24, 2.45) is 0 Å². The van der Waals surface area contributed by atoms with Gasteiger partial charge in [-0.05, 0) is 31.5 Å². The SMILES string of the molecule is COCc1c(Br)cccc1NC(=O)[C@H]1CCCCN1. The third kappa shape index (κ3) is 3.78. The van der Waals surface area contributed by atoms with Crippen LogP contribution in [0.4, 0.5) is 5.69 Å². The number of nitrogens with one attached hydrogen (secondary N) is 2. The summed E-state index contributed by atoms with van der Waals surface area (Å²) in [5, 5.41) is 6.24. The second-order valence-electron chi connectivity index (χ2n) is 4.69. The molecule has 4 nitrogen and oxygen atoms in total. The lowest BCUT2D eigenvalue weighted by atomic mass is 10.0. The quantitative estimate of drug-likeness (QED) is 0.894. The molecule has 0 spiro atoms. The van der Waals surface area contributed by atoms with Crippen molar-refractivity contribution in [2.45, 2.75) is 31.9 Å². The fourth-order valence-corrected chi connectivity index (χ4v) is 2.74. The lowest BCUT2D eigenvalue weighted by Gasteiger charge is -2.23. The normalized spacial score (nSPS) is 19.2. The van der Waals surface area contributed by atoms with Crippen molar-refractivity contribution < 1.29 is 9.53 Å². The van der Waals surface area contributed by atoms with Crippen LogP contribution in [0.1, 0.15) is 24.8 Å². The predicted molar refractivity (Wildman–Crippen MR) is 79.1 cm³/mol. The first kappa shape index (κ1) is 14.5. The lowest BCUT2D eigenvalue weighted by molar-refractivity contribution is -0.118. The van der Waals surface area contributed by atoms with Crippen LogP contribution in [-0.2, 0) is 16.1 Å². The molecule has 1 aromatic rings. The Bertz CT molecular complexity index is 445. The Morgan fingerprint density at radius 1 is 1.53 bits per heavy atom. The maximum atomic E-state index is 12.2. The van der Waals surface area contributed by atoms with Gasteiger partial charge in [0.2, 0.25) is 5.91 Å². The summed E-state index contributed by atoms with van der Waals surface area (Å²) in [6, 6.07) is 5.68. The number of amides is 1. The number of hydrogen-bond acceptors (Lipinski definition) is 3. The van der Waals surface area contributed by atoms with Crippen molar-refractivity contribution in [3.63, 3.8) is 0 Å². The molecule has 104 valence electrons. The molecule has 5 heteroatoms. The van der Waals surface area contributed by atoms with Crippen molar-refractivity contribution >= 4 is 27.5 Å². The summed E-state index contributed by atoms with van der Waals surface area (Å²) < 4.78 is 6.13. The highest BCUT2D eigenvalue weighted by molar-refractivity contribution is 9.10. The fourth-order valence-electron chi connectivity index (χ4n) is 2.26. The Labute approximate surface area is 122 Å². The van der Waals surface area contributed by atoms with E-state index >= 15 is 0 Å². The van der Waals surface area contributed by atoms with Crippen LogP contribution in [-0.4, -0.2) is 25.6 Å². The minimum atomic E-state index is -0.0804. The number of benzene rings is 1. The zero-order valence-corrected chi connectivity index (χ0v) is 12.6. The number of piperidine rings is 1. The Hall–Kier alpha value is -0.910. The fraction of sp³-hybridized carbons (Fsp3) is 0.500. The first-order valence-corrected chi connectivity index (χ1v) is 7.32. The second kappa shape index (κ2) is 7.03. The van der Waals surface area contributed by atoms with E-state index in [-0.39, 0.29) is 11.9 Å². The van der Waals surface area contributed by atoms with Crippen LogP contribution in [0.15, 0.2) is 22.7 Å². The number of methoxy groups -OCH3 is 1. The summed E-state index contributed by atoms with van der Waals surface area (Å²) >= 11 is 3.49. The highest BCUT2D eigenvalue weighted by atomic mass is 79.9. The zero-order chi connectivity index (χ0) is 13.7. The molecule has 0 bridgehead atoms. The summed E-state index contributed by atoms with van der Waals surface area (Å²) in [5.41, 5.74) is 1.78. The zero-order valence-electron chi connectivity index (χ0n) is 11.0. The minimum Gasteiger partial charge on any atom is -0.380 e. The summed E-state index contributed by atoms with van der Waals surface area (Å²) in [4.78, 5) is 12.2. The molecule has 1 heterocycles. The van der Waals surface area contributed by atoms with E-state index in [0.717, 1.165) is 41.5 Å². The molecular formula is C14H19BrN2O2. The van der Waals surface area contributed by atoms with E-state index in [1.165, 1.54) is 0 Å². The van der Waals surface area contributed by atoms with Gasteiger partial charge < -0.3 is 15.4 Å². The van der Waals surface area contributed by atoms with Gasteiger partial charge >= 0.3 is 0 Å². The maximum Gasteiger partial charge on any atom is 0.241 e. The van der Waals surface area contributed by atoms with Gasteiger partial charge in [-0.3, -0.25) is 4.79 Å². The molecule has 0 aromatic heterocycles. The minimum absolute atomic E-state index is 0.0372. The Kier molecular flexibility index (Phi) is 5.36. The molecule has 1 saturated heterocycles. The number of hydrogen-bond donors (Lipinski definition) is 2. The number of carbonyl (C=O) groups excluding carboxylic acids is 1. The van der Waals surface area contributed by atoms with Crippen LogP contribution in [0, 0.1) is 0 Å². The summed E-state index contributed by atoms with van der Waals surface area (Å²) in [6.45, 7) is 1.39. The standard InChI is InChI=1S/C14H19BrN2O2/c1-19-9-10-11(15)5-4-7-12(10)17-14(18)13-6-2-3-8-16-13/h4-5,7,13,16H,2-3,6,8-9H2,1H3,(H,17,18)/t13-/m1/s1. The first-order chi connectivity index (χ1) is 9.22. The van der Waals surface area contributed by atoms with Gasteiger partial charge in [-0.15, -0.1) is 0 Å². The van der Waals surface area contributed by atoms with E-state index in [0.29, 0.717) is 6.61 Å². The van der Waals surface area contributed by atoms with Crippen LogP contribution in [0.5, 0.6) is 0 Å². The lowest BCUT2D eigenvalue weighted by Crippen LogP contribution is -2.43. The summed E-state index contributed by atoms with van der Waals surface area (Å²) in [7, 11) is 1.65. The molecule has 1 aliphatic rings. The molecule has 19 heavy (non-hydrogen) atoms. The number of anilines is 1. The van der Waals surface area contributed by atoms with Gasteiger partial charge in [0, 0.05) is 22.8 Å². The van der Waals surface area contributed by atoms with Gasteiger partial charge in [0.05, 0.1) is 12.6 Å². The highest BCUT2D eigenvalue weighted by Crippen LogP contribution is 2.26. The Balaban J connectivity index is 2.09. The number of rotatable bonds is 4. The van der Waals surface area contributed by atoms with Gasteiger partial charge in [-0.25, -0.2) is 0 Å². The van der Waals surface area contributed by atoms with Crippen molar-refractivity contribution in [3.8, 4) is 0 Å². The molecule has 0 unspecified atom stereocenters. The molecule has 1 fully saturated rings. The van der Waals surface area contributed by atoms with E-state index in [4.69, 9.17) is 4.74 Å². The Morgan fingerprint density at radius 2 is 2.37 bits per heavy atom.